The molecule has 0 saturated heterocycles. The molecule has 0 aliphatic carbocycles. The molecule has 0 spiro atoms. The topological polar surface area (TPSA) is 12.0 Å². The summed E-state index contributed by atoms with van der Waals surface area (Å²) in [5, 5.41) is 6.97. The lowest BCUT2D eigenvalue weighted by Gasteiger charge is -2.08. The standard InChI is InChI=1S/C14H15Cl2NS/c1-2-6-17-9-11-8-10(3-4-12(11)15)14-13(16)5-7-18-14/h3-5,7-8,17H,2,6,9H2,1H3. The molecule has 1 nitrogen and oxygen atoms in total. The Hall–Kier alpha value is -0.540. The van der Waals surface area contributed by atoms with Gasteiger partial charge in [-0.15, -0.1) is 11.3 Å². The lowest BCUT2D eigenvalue weighted by atomic mass is 10.1. The van der Waals surface area contributed by atoms with Crippen molar-refractivity contribution < 1.29 is 0 Å². The van der Waals surface area contributed by atoms with E-state index in [1.54, 1.807) is 11.3 Å². The predicted octanol–water partition coefficient (Wildman–Crippen LogP) is 5.22. The molecule has 1 aromatic carbocycles. The van der Waals surface area contributed by atoms with E-state index in [1.165, 1.54) is 0 Å². The van der Waals surface area contributed by atoms with Gasteiger partial charge < -0.3 is 5.32 Å². The van der Waals surface area contributed by atoms with E-state index in [2.05, 4.69) is 18.3 Å². The van der Waals surface area contributed by atoms with E-state index in [4.69, 9.17) is 23.2 Å². The average molecular weight is 300 g/mol. The molecule has 2 aromatic rings. The lowest BCUT2D eigenvalue weighted by molar-refractivity contribution is 0.676. The van der Waals surface area contributed by atoms with Crippen molar-refractivity contribution >= 4 is 34.5 Å². The van der Waals surface area contributed by atoms with Crippen molar-refractivity contribution in [3.8, 4) is 10.4 Å². The molecular weight excluding hydrogens is 285 g/mol. The number of thiophene rings is 1. The highest BCUT2D eigenvalue weighted by molar-refractivity contribution is 7.14. The Kier molecular flexibility index (Phi) is 5.07. The molecule has 0 amide bonds. The quantitative estimate of drug-likeness (QED) is 0.746. The molecule has 1 heterocycles. The third-order valence-corrected chi connectivity index (χ3v) is 4.43. The third-order valence-electron chi connectivity index (χ3n) is 2.67. The van der Waals surface area contributed by atoms with Gasteiger partial charge in [0, 0.05) is 11.6 Å². The van der Waals surface area contributed by atoms with Gasteiger partial charge in [-0.25, -0.2) is 0 Å². The molecule has 96 valence electrons. The van der Waals surface area contributed by atoms with Gasteiger partial charge in [0.15, 0.2) is 0 Å². The number of rotatable bonds is 5. The second kappa shape index (κ2) is 6.58. The normalized spacial score (nSPS) is 10.8. The molecule has 1 N–H and O–H groups in total. The zero-order chi connectivity index (χ0) is 13.0. The van der Waals surface area contributed by atoms with Gasteiger partial charge in [0.2, 0.25) is 0 Å². The predicted molar refractivity (Wildman–Crippen MR) is 81.8 cm³/mol. The van der Waals surface area contributed by atoms with E-state index in [0.717, 1.165) is 45.6 Å². The van der Waals surface area contributed by atoms with E-state index >= 15 is 0 Å². The van der Waals surface area contributed by atoms with Crippen LogP contribution in [0.3, 0.4) is 0 Å². The van der Waals surface area contributed by atoms with E-state index in [9.17, 15) is 0 Å². The molecule has 2 rings (SSSR count). The van der Waals surface area contributed by atoms with E-state index < -0.39 is 0 Å². The summed E-state index contributed by atoms with van der Waals surface area (Å²) in [5.41, 5.74) is 2.25. The fraction of sp³-hybridized carbons (Fsp3) is 0.286. The van der Waals surface area contributed by atoms with Gasteiger partial charge in [-0.1, -0.05) is 36.2 Å². The van der Waals surface area contributed by atoms with Gasteiger partial charge in [-0.2, -0.15) is 0 Å². The fourth-order valence-corrected chi connectivity index (χ4v) is 3.10. The van der Waals surface area contributed by atoms with E-state index in [0.29, 0.717) is 0 Å². The first-order valence-electron chi connectivity index (χ1n) is 5.95. The van der Waals surface area contributed by atoms with Gasteiger partial charge in [0.05, 0.1) is 9.90 Å². The van der Waals surface area contributed by atoms with Crippen molar-refractivity contribution in [3.05, 3.63) is 45.3 Å². The van der Waals surface area contributed by atoms with Crippen LogP contribution >= 0.6 is 34.5 Å². The number of hydrogen-bond donors (Lipinski definition) is 1. The van der Waals surface area contributed by atoms with Crippen molar-refractivity contribution in [3.63, 3.8) is 0 Å². The number of halogens is 2. The molecule has 0 fully saturated rings. The molecule has 0 aliphatic heterocycles. The van der Waals surface area contributed by atoms with Crippen molar-refractivity contribution in [2.24, 2.45) is 0 Å². The zero-order valence-electron chi connectivity index (χ0n) is 10.2. The highest BCUT2D eigenvalue weighted by Crippen LogP contribution is 2.34. The lowest BCUT2D eigenvalue weighted by Crippen LogP contribution is -2.14. The van der Waals surface area contributed by atoms with Crippen LogP contribution in [0.1, 0.15) is 18.9 Å². The van der Waals surface area contributed by atoms with Crippen LogP contribution in [0.4, 0.5) is 0 Å². The summed E-state index contributed by atoms with van der Waals surface area (Å²) >= 11 is 14.0. The van der Waals surface area contributed by atoms with Gasteiger partial charge in [-0.3, -0.25) is 0 Å². The van der Waals surface area contributed by atoms with Crippen LogP contribution in [0.2, 0.25) is 10.0 Å². The van der Waals surface area contributed by atoms with Gasteiger partial charge >= 0.3 is 0 Å². The Morgan fingerprint density at radius 3 is 2.67 bits per heavy atom. The van der Waals surface area contributed by atoms with Crippen LogP contribution in [0, 0.1) is 0 Å². The molecule has 4 heteroatoms. The number of hydrogen-bond acceptors (Lipinski definition) is 2. The highest BCUT2D eigenvalue weighted by Gasteiger charge is 2.08. The van der Waals surface area contributed by atoms with Crippen LogP contribution in [0.25, 0.3) is 10.4 Å². The van der Waals surface area contributed by atoms with Crippen LogP contribution in [0.5, 0.6) is 0 Å². The van der Waals surface area contributed by atoms with Crippen molar-refractivity contribution in [2.45, 2.75) is 19.9 Å². The Balaban J connectivity index is 2.23. The maximum atomic E-state index is 6.21. The largest absolute Gasteiger partial charge is 0.313 e. The highest BCUT2D eigenvalue weighted by atomic mass is 35.5. The minimum atomic E-state index is 0.795. The van der Waals surface area contributed by atoms with Crippen molar-refractivity contribution in [1.29, 1.82) is 0 Å². The summed E-state index contributed by atoms with van der Waals surface area (Å²) in [6.07, 6.45) is 1.12. The third kappa shape index (κ3) is 3.27. The molecule has 1 aromatic heterocycles. The molecule has 0 atom stereocenters. The summed E-state index contributed by atoms with van der Waals surface area (Å²) in [6, 6.07) is 7.99. The first-order valence-corrected chi connectivity index (χ1v) is 7.58. The second-order valence-corrected chi connectivity index (χ2v) is 5.81. The van der Waals surface area contributed by atoms with Crippen LogP contribution in [-0.2, 0) is 6.54 Å². The van der Waals surface area contributed by atoms with Crippen LogP contribution < -0.4 is 5.32 Å². The maximum Gasteiger partial charge on any atom is 0.0592 e. The molecule has 0 aliphatic rings. The summed E-state index contributed by atoms with van der Waals surface area (Å²) in [6.45, 7) is 3.94. The van der Waals surface area contributed by atoms with Gasteiger partial charge in [0.25, 0.3) is 0 Å². The second-order valence-electron chi connectivity index (χ2n) is 4.08. The average Bonchev–Trinajstić information content (AvgIpc) is 2.78. The molecule has 0 radical (unpaired) electrons. The molecule has 0 unspecified atom stereocenters. The Labute approximate surface area is 122 Å². The Morgan fingerprint density at radius 1 is 1.17 bits per heavy atom. The van der Waals surface area contributed by atoms with Crippen LogP contribution in [-0.4, -0.2) is 6.54 Å². The number of benzene rings is 1. The first kappa shape index (κ1) is 13.9. The van der Waals surface area contributed by atoms with E-state index in [-0.39, 0.29) is 0 Å². The molecule has 0 saturated carbocycles. The van der Waals surface area contributed by atoms with Gasteiger partial charge in [0.1, 0.15) is 0 Å². The number of nitrogens with one attached hydrogen (secondary N) is 1. The Morgan fingerprint density at radius 2 is 2.00 bits per heavy atom. The van der Waals surface area contributed by atoms with Crippen LogP contribution in [0.15, 0.2) is 29.6 Å². The fourth-order valence-electron chi connectivity index (χ4n) is 1.75. The summed E-state index contributed by atoms with van der Waals surface area (Å²) in [7, 11) is 0. The zero-order valence-corrected chi connectivity index (χ0v) is 12.5. The Bertz CT molecular complexity index is 522. The molecule has 0 bridgehead atoms. The monoisotopic (exact) mass is 299 g/mol. The van der Waals surface area contributed by atoms with Gasteiger partial charge in [-0.05, 0) is 47.7 Å². The van der Waals surface area contributed by atoms with Crippen molar-refractivity contribution in [2.75, 3.05) is 6.54 Å². The van der Waals surface area contributed by atoms with E-state index in [1.807, 2.05) is 23.6 Å². The SMILES string of the molecule is CCCNCc1cc(-c2sccc2Cl)ccc1Cl. The maximum absolute atomic E-state index is 6.21. The summed E-state index contributed by atoms with van der Waals surface area (Å²) < 4.78 is 0. The summed E-state index contributed by atoms with van der Waals surface area (Å²) in [4.78, 5) is 1.10. The smallest absolute Gasteiger partial charge is 0.0592 e. The molecule has 18 heavy (non-hydrogen) atoms. The first-order chi connectivity index (χ1) is 8.72. The van der Waals surface area contributed by atoms with Crippen molar-refractivity contribution in [1.82, 2.24) is 5.32 Å². The molecular formula is C14H15Cl2NS. The summed E-state index contributed by atoms with van der Waals surface area (Å²) in [5.74, 6) is 0. The minimum absolute atomic E-state index is 0.795. The minimum Gasteiger partial charge on any atom is -0.313 e.